The molecule has 0 radical (unpaired) electrons. The number of halogens is 1. The second-order valence-electron chi connectivity index (χ2n) is 6.69. The van der Waals surface area contributed by atoms with Gasteiger partial charge in [-0.15, -0.1) is 0 Å². The van der Waals surface area contributed by atoms with Crippen LogP contribution in [-0.4, -0.2) is 7.11 Å². The summed E-state index contributed by atoms with van der Waals surface area (Å²) in [5.41, 5.74) is 4.63. The summed E-state index contributed by atoms with van der Waals surface area (Å²) in [6.07, 6.45) is 0. The van der Waals surface area contributed by atoms with Gasteiger partial charge in [0, 0.05) is 19.8 Å². The summed E-state index contributed by atoms with van der Waals surface area (Å²) in [7, 11) is 1.69. The number of hydrogen-bond donors (Lipinski definition) is 0. The molecule has 4 rings (SSSR count). The average Bonchev–Trinajstić information content (AvgIpc) is 2.82. The minimum absolute atomic E-state index is 0.848. The molecule has 3 heteroatoms. The van der Waals surface area contributed by atoms with E-state index in [1.54, 1.807) is 18.9 Å². The van der Waals surface area contributed by atoms with Crippen molar-refractivity contribution in [1.29, 1.82) is 0 Å². The van der Waals surface area contributed by atoms with E-state index in [1.165, 1.54) is 26.5 Å². The van der Waals surface area contributed by atoms with Crippen molar-refractivity contribution in [2.75, 3.05) is 7.11 Å². The van der Waals surface area contributed by atoms with Gasteiger partial charge in [0.25, 0.3) is 0 Å². The molecule has 0 aliphatic carbocycles. The van der Waals surface area contributed by atoms with Crippen molar-refractivity contribution in [2.45, 2.75) is 9.79 Å². The standard InChI is InChI=1S/C27H21BrOS/c1-29-22-18-16-21(17-19-22)27(28)26(20-10-4-2-5-11-20)24-14-8-9-15-25(24)30-23-12-6-3-7-13-23/h2-19H,1H3/b27-26-. The lowest BCUT2D eigenvalue weighted by Crippen LogP contribution is -1.94. The van der Waals surface area contributed by atoms with E-state index in [2.05, 4.69) is 101 Å². The van der Waals surface area contributed by atoms with E-state index < -0.39 is 0 Å². The molecule has 0 heterocycles. The molecule has 0 spiro atoms. The second-order valence-corrected chi connectivity index (χ2v) is 8.60. The Kier molecular flexibility index (Phi) is 6.73. The molecule has 4 aromatic carbocycles. The molecule has 0 aromatic heterocycles. The first-order valence-electron chi connectivity index (χ1n) is 9.68. The maximum atomic E-state index is 5.33. The van der Waals surface area contributed by atoms with Crippen molar-refractivity contribution in [1.82, 2.24) is 0 Å². The van der Waals surface area contributed by atoms with Crippen LogP contribution in [-0.2, 0) is 0 Å². The highest BCUT2D eigenvalue weighted by molar-refractivity contribution is 9.15. The molecular weight excluding hydrogens is 452 g/mol. The van der Waals surface area contributed by atoms with Crippen molar-refractivity contribution in [2.24, 2.45) is 0 Å². The molecule has 0 amide bonds. The minimum Gasteiger partial charge on any atom is -0.497 e. The predicted octanol–water partition coefficient (Wildman–Crippen LogP) is 8.16. The largest absolute Gasteiger partial charge is 0.497 e. The van der Waals surface area contributed by atoms with Crippen molar-refractivity contribution in [3.05, 3.63) is 126 Å². The molecule has 0 saturated heterocycles. The zero-order valence-corrected chi connectivity index (χ0v) is 19.0. The summed E-state index contributed by atoms with van der Waals surface area (Å²) in [6, 6.07) is 37.7. The lowest BCUT2D eigenvalue weighted by molar-refractivity contribution is 0.415. The number of methoxy groups -OCH3 is 1. The SMILES string of the molecule is COc1ccc(/C(Br)=C(\c2ccccc2)c2ccccc2Sc2ccccc2)cc1. The van der Waals surface area contributed by atoms with Gasteiger partial charge in [-0.2, -0.15) is 0 Å². The van der Waals surface area contributed by atoms with Crippen LogP contribution in [0.5, 0.6) is 5.75 Å². The number of benzene rings is 4. The summed E-state index contributed by atoms with van der Waals surface area (Å²) in [5.74, 6) is 0.848. The Balaban J connectivity index is 1.87. The predicted molar refractivity (Wildman–Crippen MR) is 131 cm³/mol. The Hall–Kier alpha value is -2.75. The van der Waals surface area contributed by atoms with Crippen molar-refractivity contribution in [3.63, 3.8) is 0 Å². The van der Waals surface area contributed by atoms with Crippen molar-refractivity contribution < 1.29 is 4.74 Å². The van der Waals surface area contributed by atoms with Crippen LogP contribution in [0.15, 0.2) is 119 Å². The fourth-order valence-electron chi connectivity index (χ4n) is 3.26. The molecule has 0 fully saturated rings. The highest BCUT2D eigenvalue weighted by atomic mass is 79.9. The molecule has 0 aliphatic rings. The van der Waals surface area contributed by atoms with Crippen LogP contribution in [0.2, 0.25) is 0 Å². The van der Waals surface area contributed by atoms with Crippen LogP contribution in [0.4, 0.5) is 0 Å². The molecule has 0 N–H and O–H groups in total. The zero-order valence-electron chi connectivity index (χ0n) is 16.6. The fourth-order valence-corrected chi connectivity index (χ4v) is 4.95. The van der Waals surface area contributed by atoms with Gasteiger partial charge in [0.1, 0.15) is 5.75 Å². The van der Waals surface area contributed by atoms with Gasteiger partial charge in [0.2, 0.25) is 0 Å². The third kappa shape index (κ3) is 4.69. The van der Waals surface area contributed by atoms with E-state index in [-0.39, 0.29) is 0 Å². The van der Waals surface area contributed by atoms with Gasteiger partial charge in [0.15, 0.2) is 0 Å². The Morgan fingerprint density at radius 3 is 1.93 bits per heavy atom. The maximum absolute atomic E-state index is 5.33. The number of rotatable bonds is 6. The maximum Gasteiger partial charge on any atom is 0.118 e. The third-order valence-corrected chi connectivity index (χ3v) is 6.69. The molecule has 30 heavy (non-hydrogen) atoms. The van der Waals surface area contributed by atoms with Gasteiger partial charge in [-0.25, -0.2) is 0 Å². The van der Waals surface area contributed by atoms with E-state index in [0.29, 0.717) is 0 Å². The molecule has 0 bridgehead atoms. The Morgan fingerprint density at radius 2 is 1.27 bits per heavy atom. The summed E-state index contributed by atoms with van der Waals surface area (Å²) in [5, 5.41) is 0. The van der Waals surface area contributed by atoms with Crippen molar-refractivity contribution >= 4 is 37.7 Å². The van der Waals surface area contributed by atoms with Gasteiger partial charge in [-0.3, -0.25) is 0 Å². The number of ether oxygens (including phenoxy) is 1. The van der Waals surface area contributed by atoms with Crippen LogP contribution in [0.3, 0.4) is 0 Å². The first-order chi connectivity index (χ1) is 14.8. The van der Waals surface area contributed by atoms with Crippen LogP contribution >= 0.6 is 27.7 Å². The quantitative estimate of drug-likeness (QED) is 0.261. The summed E-state index contributed by atoms with van der Waals surface area (Å²) in [4.78, 5) is 2.44. The molecule has 148 valence electrons. The van der Waals surface area contributed by atoms with E-state index in [4.69, 9.17) is 4.74 Å². The minimum atomic E-state index is 0.848. The first-order valence-corrected chi connectivity index (χ1v) is 11.3. The van der Waals surface area contributed by atoms with Gasteiger partial charge in [0.05, 0.1) is 7.11 Å². The lowest BCUT2D eigenvalue weighted by atomic mass is 9.95. The van der Waals surface area contributed by atoms with Crippen LogP contribution in [0, 0.1) is 0 Å². The van der Waals surface area contributed by atoms with Crippen LogP contribution < -0.4 is 4.74 Å². The van der Waals surface area contributed by atoms with E-state index in [0.717, 1.165) is 15.8 Å². The molecule has 0 unspecified atom stereocenters. The highest BCUT2D eigenvalue weighted by Gasteiger charge is 2.16. The summed E-state index contributed by atoms with van der Waals surface area (Å²) < 4.78 is 6.38. The summed E-state index contributed by atoms with van der Waals surface area (Å²) >= 11 is 5.70. The Morgan fingerprint density at radius 1 is 0.667 bits per heavy atom. The zero-order chi connectivity index (χ0) is 20.8. The van der Waals surface area contributed by atoms with Gasteiger partial charge in [-0.1, -0.05) is 90.6 Å². The smallest absolute Gasteiger partial charge is 0.118 e. The Labute approximate surface area is 190 Å². The lowest BCUT2D eigenvalue weighted by Gasteiger charge is -2.16. The molecule has 0 atom stereocenters. The topological polar surface area (TPSA) is 9.23 Å². The first kappa shape index (κ1) is 20.5. The van der Waals surface area contributed by atoms with E-state index in [1.807, 2.05) is 24.3 Å². The van der Waals surface area contributed by atoms with Crippen LogP contribution in [0.1, 0.15) is 16.7 Å². The second kappa shape index (κ2) is 9.84. The molecule has 0 saturated carbocycles. The van der Waals surface area contributed by atoms with Gasteiger partial charge < -0.3 is 4.74 Å². The van der Waals surface area contributed by atoms with Crippen molar-refractivity contribution in [3.8, 4) is 5.75 Å². The third-order valence-electron chi connectivity index (χ3n) is 4.75. The average molecular weight is 473 g/mol. The van der Waals surface area contributed by atoms with Gasteiger partial charge in [-0.05, 0) is 63.0 Å². The summed E-state index contributed by atoms with van der Waals surface area (Å²) in [6.45, 7) is 0. The van der Waals surface area contributed by atoms with E-state index >= 15 is 0 Å². The van der Waals surface area contributed by atoms with Gasteiger partial charge >= 0.3 is 0 Å². The van der Waals surface area contributed by atoms with Crippen LogP contribution in [0.25, 0.3) is 10.1 Å². The molecule has 4 aromatic rings. The monoisotopic (exact) mass is 472 g/mol. The van der Waals surface area contributed by atoms with E-state index in [9.17, 15) is 0 Å². The highest BCUT2D eigenvalue weighted by Crippen LogP contribution is 2.41. The molecule has 1 nitrogen and oxygen atoms in total. The molecule has 0 aliphatic heterocycles. The number of hydrogen-bond acceptors (Lipinski definition) is 2. The normalized spacial score (nSPS) is 11.7. The fraction of sp³-hybridized carbons (Fsp3) is 0.0370. The Bertz CT molecular complexity index is 1140. The molecular formula is C27H21BrOS.